The number of nitrogens with zero attached hydrogens (tertiary/aromatic N) is 1. The molecule has 0 radical (unpaired) electrons. The summed E-state index contributed by atoms with van der Waals surface area (Å²) in [5.74, 6) is -0.216. The van der Waals surface area contributed by atoms with Gasteiger partial charge in [-0.05, 0) is 61.2 Å². The van der Waals surface area contributed by atoms with Crippen LogP contribution < -0.4 is 16.2 Å². The summed E-state index contributed by atoms with van der Waals surface area (Å²) in [5, 5.41) is 6.97. The van der Waals surface area contributed by atoms with E-state index in [1.54, 1.807) is 12.1 Å². The molecule has 27 heavy (non-hydrogen) atoms. The highest BCUT2D eigenvalue weighted by Crippen LogP contribution is 2.25. The molecular formula is C21H23FN4O. The molecule has 0 atom stereocenters. The van der Waals surface area contributed by atoms with E-state index < -0.39 is 0 Å². The summed E-state index contributed by atoms with van der Waals surface area (Å²) >= 11 is 0. The quantitative estimate of drug-likeness (QED) is 0.626. The molecule has 1 aliphatic carbocycles. The molecule has 0 saturated heterocycles. The minimum atomic E-state index is -0.216. The van der Waals surface area contributed by atoms with E-state index in [0.717, 1.165) is 41.7 Å². The number of rotatable bonds is 6. The van der Waals surface area contributed by atoms with E-state index in [-0.39, 0.29) is 11.4 Å². The molecule has 3 N–H and O–H groups in total. The molecule has 5 nitrogen and oxygen atoms in total. The number of aromatic amines is 1. The summed E-state index contributed by atoms with van der Waals surface area (Å²) in [6, 6.07) is 13.3. The Labute approximate surface area is 157 Å². The molecule has 1 saturated carbocycles. The second kappa shape index (κ2) is 7.48. The molecule has 0 amide bonds. The van der Waals surface area contributed by atoms with Crippen molar-refractivity contribution >= 4 is 16.7 Å². The lowest BCUT2D eigenvalue weighted by Gasteiger charge is -2.37. The van der Waals surface area contributed by atoms with Gasteiger partial charge in [-0.2, -0.15) is 0 Å². The van der Waals surface area contributed by atoms with Crippen molar-refractivity contribution < 1.29 is 4.39 Å². The van der Waals surface area contributed by atoms with Gasteiger partial charge in [-0.15, -0.1) is 0 Å². The van der Waals surface area contributed by atoms with Gasteiger partial charge in [0.2, 0.25) is 0 Å². The average molecular weight is 366 g/mol. The fraction of sp³-hybridized carbons (Fsp3) is 0.333. The van der Waals surface area contributed by atoms with Crippen LogP contribution in [-0.4, -0.2) is 22.1 Å². The number of halogens is 1. The van der Waals surface area contributed by atoms with Crippen LogP contribution in [0.1, 0.15) is 31.0 Å². The van der Waals surface area contributed by atoms with Gasteiger partial charge >= 0.3 is 0 Å². The normalized spacial score (nSPS) is 19.0. The van der Waals surface area contributed by atoms with Crippen LogP contribution in [0, 0.1) is 5.82 Å². The van der Waals surface area contributed by atoms with E-state index in [0.29, 0.717) is 24.2 Å². The summed E-state index contributed by atoms with van der Waals surface area (Å²) in [7, 11) is 0. The average Bonchev–Trinajstić information content (AvgIpc) is 2.64. The highest BCUT2D eigenvalue weighted by Gasteiger charge is 2.28. The van der Waals surface area contributed by atoms with E-state index in [2.05, 4.69) is 20.6 Å². The Bertz CT molecular complexity index is 993. The lowest BCUT2D eigenvalue weighted by molar-refractivity contribution is 0.307. The number of anilines is 1. The van der Waals surface area contributed by atoms with Gasteiger partial charge in [0.25, 0.3) is 5.56 Å². The first-order valence-corrected chi connectivity index (χ1v) is 9.38. The van der Waals surface area contributed by atoms with Crippen molar-refractivity contribution in [1.82, 2.24) is 15.3 Å². The highest BCUT2D eigenvalue weighted by atomic mass is 19.1. The first kappa shape index (κ1) is 17.7. The number of hydrogen-bond acceptors (Lipinski definition) is 4. The van der Waals surface area contributed by atoms with E-state index >= 15 is 0 Å². The molecule has 6 heteroatoms. The van der Waals surface area contributed by atoms with Crippen molar-refractivity contribution in [3.63, 3.8) is 0 Å². The summed E-state index contributed by atoms with van der Waals surface area (Å²) in [5.41, 5.74) is 4.14. The number of fused-ring (bicyclic) bond motifs is 1. The van der Waals surface area contributed by atoms with Gasteiger partial charge in [0, 0.05) is 24.3 Å². The smallest absolute Gasteiger partial charge is 0.270 e. The van der Waals surface area contributed by atoms with Crippen LogP contribution in [0.3, 0.4) is 0 Å². The standard InChI is InChI=1S/C21H23FN4O/c1-2-18-21(27)26-20-9-13(3-8-19(20)25-18)12-23-16-10-17(11-16)24-15-6-4-14(22)5-7-15/h3-9,16-17,23-24H,2,10-12H2,1H3,(H,26,27). The van der Waals surface area contributed by atoms with Gasteiger partial charge in [-0.1, -0.05) is 13.0 Å². The molecule has 2 aromatic carbocycles. The third-order valence-corrected chi connectivity index (χ3v) is 5.11. The molecule has 1 aromatic heterocycles. The number of H-pyrrole nitrogens is 1. The Balaban J connectivity index is 1.31. The van der Waals surface area contributed by atoms with Crippen LogP contribution in [0.5, 0.6) is 0 Å². The van der Waals surface area contributed by atoms with Crippen molar-refractivity contribution in [2.45, 2.75) is 44.8 Å². The molecule has 1 aliphatic rings. The second-order valence-corrected chi connectivity index (χ2v) is 7.12. The number of aryl methyl sites for hydroxylation is 1. The van der Waals surface area contributed by atoms with E-state index in [9.17, 15) is 9.18 Å². The van der Waals surface area contributed by atoms with Gasteiger partial charge in [0.05, 0.1) is 11.0 Å². The lowest BCUT2D eigenvalue weighted by atomic mass is 9.86. The van der Waals surface area contributed by atoms with Crippen molar-refractivity contribution in [3.05, 3.63) is 69.9 Å². The first-order valence-electron chi connectivity index (χ1n) is 9.38. The Morgan fingerprint density at radius 1 is 1.15 bits per heavy atom. The van der Waals surface area contributed by atoms with Crippen molar-refractivity contribution in [2.75, 3.05) is 5.32 Å². The maximum Gasteiger partial charge on any atom is 0.270 e. The largest absolute Gasteiger partial charge is 0.382 e. The van der Waals surface area contributed by atoms with Gasteiger partial charge in [-0.25, -0.2) is 9.37 Å². The van der Waals surface area contributed by atoms with Crippen molar-refractivity contribution in [2.24, 2.45) is 0 Å². The fourth-order valence-corrected chi connectivity index (χ4v) is 3.47. The molecule has 0 spiro atoms. The number of hydrogen-bond donors (Lipinski definition) is 3. The van der Waals surface area contributed by atoms with Gasteiger partial charge < -0.3 is 15.6 Å². The zero-order chi connectivity index (χ0) is 18.8. The topological polar surface area (TPSA) is 69.8 Å². The van der Waals surface area contributed by atoms with Crippen LogP contribution in [0.25, 0.3) is 11.0 Å². The molecule has 0 aliphatic heterocycles. The predicted molar refractivity (Wildman–Crippen MR) is 105 cm³/mol. The van der Waals surface area contributed by atoms with Crippen LogP contribution >= 0.6 is 0 Å². The van der Waals surface area contributed by atoms with E-state index in [4.69, 9.17) is 0 Å². The fourth-order valence-electron chi connectivity index (χ4n) is 3.47. The number of nitrogens with one attached hydrogen (secondary N) is 3. The van der Waals surface area contributed by atoms with Crippen molar-refractivity contribution in [1.29, 1.82) is 0 Å². The summed E-state index contributed by atoms with van der Waals surface area (Å²) < 4.78 is 12.9. The van der Waals surface area contributed by atoms with Crippen LogP contribution in [0.2, 0.25) is 0 Å². The zero-order valence-electron chi connectivity index (χ0n) is 15.3. The highest BCUT2D eigenvalue weighted by molar-refractivity contribution is 5.74. The van der Waals surface area contributed by atoms with E-state index in [1.165, 1.54) is 12.1 Å². The molecule has 1 heterocycles. The Kier molecular flexibility index (Phi) is 4.90. The molecular weight excluding hydrogens is 343 g/mol. The molecule has 0 bridgehead atoms. The van der Waals surface area contributed by atoms with Gasteiger partial charge in [0.1, 0.15) is 11.5 Å². The minimum Gasteiger partial charge on any atom is -0.382 e. The molecule has 140 valence electrons. The number of aromatic nitrogens is 2. The number of benzene rings is 2. The third-order valence-electron chi connectivity index (χ3n) is 5.11. The van der Waals surface area contributed by atoms with Crippen LogP contribution in [0.4, 0.5) is 10.1 Å². The molecule has 3 aromatic rings. The summed E-state index contributed by atoms with van der Waals surface area (Å²) in [4.78, 5) is 19.3. The molecule has 4 rings (SSSR count). The molecule has 1 fully saturated rings. The lowest BCUT2D eigenvalue weighted by Crippen LogP contribution is -2.47. The van der Waals surface area contributed by atoms with E-state index in [1.807, 2.05) is 25.1 Å². The maximum atomic E-state index is 12.9. The Hall–Kier alpha value is -2.73. The van der Waals surface area contributed by atoms with Gasteiger partial charge in [-0.3, -0.25) is 4.79 Å². The predicted octanol–water partition coefficient (Wildman–Crippen LogP) is 3.36. The molecule has 0 unspecified atom stereocenters. The second-order valence-electron chi connectivity index (χ2n) is 7.12. The van der Waals surface area contributed by atoms with Crippen LogP contribution in [0.15, 0.2) is 47.3 Å². The Morgan fingerprint density at radius 3 is 2.67 bits per heavy atom. The third kappa shape index (κ3) is 4.01. The summed E-state index contributed by atoms with van der Waals surface area (Å²) in [6.45, 7) is 2.68. The first-order chi connectivity index (χ1) is 13.1. The van der Waals surface area contributed by atoms with Gasteiger partial charge in [0.15, 0.2) is 0 Å². The summed E-state index contributed by atoms with van der Waals surface area (Å²) in [6.07, 6.45) is 2.69. The SMILES string of the molecule is CCc1nc2ccc(CNC3CC(Nc4ccc(F)cc4)C3)cc2[nH]c1=O. The minimum absolute atomic E-state index is 0.108. The Morgan fingerprint density at radius 2 is 1.93 bits per heavy atom. The van der Waals surface area contributed by atoms with Crippen LogP contribution in [-0.2, 0) is 13.0 Å². The van der Waals surface area contributed by atoms with Crippen molar-refractivity contribution in [3.8, 4) is 0 Å². The monoisotopic (exact) mass is 366 g/mol. The zero-order valence-corrected chi connectivity index (χ0v) is 15.3. The maximum absolute atomic E-state index is 12.9.